The predicted molar refractivity (Wildman–Crippen MR) is 59.0 cm³/mol. The monoisotopic (exact) mass is 237 g/mol. The van der Waals surface area contributed by atoms with Gasteiger partial charge >= 0.3 is 0 Å². The van der Waals surface area contributed by atoms with E-state index in [1.165, 1.54) is 38.2 Å². The van der Waals surface area contributed by atoms with E-state index < -0.39 is 5.54 Å². The molecule has 1 aliphatic heterocycles. The molecule has 1 atom stereocenters. The predicted octanol–water partition coefficient (Wildman–Crippen LogP) is 0.739. The van der Waals surface area contributed by atoms with Crippen LogP contribution in [0.1, 0.15) is 12.5 Å². The quantitative estimate of drug-likeness (QED) is 0.746. The summed E-state index contributed by atoms with van der Waals surface area (Å²) in [5.74, 6) is -0.745. The number of nitrogens with one attached hydrogen (secondary N) is 1. The summed E-state index contributed by atoms with van der Waals surface area (Å²) in [6.45, 7) is 1.51. The first-order valence-corrected chi connectivity index (χ1v) is 5.03. The Morgan fingerprint density at radius 3 is 2.53 bits per heavy atom. The van der Waals surface area contributed by atoms with Gasteiger partial charge in [-0.05, 0) is 19.1 Å². The van der Waals surface area contributed by atoms with Crippen molar-refractivity contribution in [2.45, 2.75) is 12.5 Å². The van der Waals surface area contributed by atoms with Crippen molar-refractivity contribution in [1.82, 2.24) is 10.5 Å². The van der Waals surface area contributed by atoms with Gasteiger partial charge in [0.15, 0.2) is 5.54 Å². The van der Waals surface area contributed by atoms with Crippen LogP contribution in [0.5, 0.6) is 0 Å². The Hall–Kier alpha value is -1.79. The van der Waals surface area contributed by atoms with Gasteiger partial charge in [-0.3, -0.25) is 4.79 Å². The Balaban J connectivity index is 2.47. The summed E-state index contributed by atoms with van der Waals surface area (Å²) in [5, 5.41) is 14.3. The molecule has 1 aromatic carbocycles. The van der Waals surface area contributed by atoms with Crippen molar-refractivity contribution in [3.8, 4) is 0 Å². The normalized spacial score (nSPS) is 24.1. The van der Waals surface area contributed by atoms with E-state index in [0.29, 0.717) is 11.3 Å². The molecule has 2 N–H and O–H groups in total. The lowest BCUT2D eigenvalue weighted by Gasteiger charge is -2.21. The Morgan fingerprint density at radius 2 is 2.00 bits per heavy atom. The maximum Gasteiger partial charge on any atom is 0.270 e. The van der Waals surface area contributed by atoms with Crippen molar-refractivity contribution in [2.24, 2.45) is 5.10 Å². The lowest BCUT2D eigenvalue weighted by molar-refractivity contribution is -0.134. The fourth-order valence-corrected chi connectivity index (χ4v) is 1.78. The highest BCUT2D eigenvalue weighted by molar-refractivity contribution is 6.22. The maximum absolute atomic E-state index is 12.8. The van der Waals surface area contributed by atoms with E-state index in [4.69, 9.17) is 5.21 Å². The zero-order valence-corrected chi connectivity index (χ0v) is 9.44. The van der Waals surface area contributed by atoms with Crippen LogP contribution >= 0.6 is 0 Å². The Morgan fingerprint density at radius 1 is 1.41 bits per heavy atom. The van der Waals surface area contributed by atoms with Crippen LogP contribution in [0.25, 0.3) is 0 Å². The number of benzene rings is 1. The number of carbonyl (C=O) groups excluding carboxylic acids is 1. The van der Waals surface area contributed by atoms with Crippen LogP contribution in [0.15, 0.2) is 29.4 Å². The van der Waals surface area contributed by atoms with E-state index in [1.807, 2.05) is 5.48 Å². The highest BCUT2D eigenvalue weighted by atomic mass is 19.1. The fraction of sp³-hybridized carbons (Fsp3) is 0.273. The molecule has 0 saturated heterocycles. The van der Waals surface area contributed by atoms with Gasteiger partial charge < -0.3 is 5.21 Å². The van der Waals surface area contributed by atoms with Gasteiger partial charge in [-0.15, -0.1) is 0 Å². The van der Waals surface area contributed by atoms with Crippen LogP contribution in [-0.4, -0.2) is 34.4 Å². The van der Waals surface area contributed by atoms with E-state index in [2.05, 4.69) is 5.10 Å². The lowest BCUT2D eigenvalue weighted by Crippen LogP contribution is -2.53. The molecule has 0 aliphatic carbocycles. The third-order valence-corrected chi connectivity index (χ3v) is 2.79. The van der Waals surface area contributed by atoms with Crippen LogP contribution in [0, 0.1) is 5.82 Å². The average molecular weight is 237 g/mol. The Kier molecular flexibility index (Phi) is 2.68. The zero-order chi connectivity index (χ0) is 12.6. The van der Waals surface area contributed by atoms with E-state index in [0.717, 1.165) is 5.01 Å². The van der Waals surface area contributed by atoms with Gasteiger partial charge in [0.2, 0.25) is 0 Å². The number of hydroxylamine groups is 1. The van der Waals surface area contributed by atoms with Gasteiger partial charge in [0.25, 0.3) is 5.91 Å². The molecule has 1 aliphatic rings. The molecule has 5 nitrogen and oxygen atoms in total. The molecule has 1 unspecified atom stereocenters. The maximum atomic E-state index is 12.8. The van der Waals surface area contributed by atoms with Gasteiger partial charge in [0.05, 0.1) is 5.71 Å². The summed E-state index contributed by atoms with van der Waals surface area (Å²) >= 11 is 0. The number of hydrogen-bond acceptors (Lipinski definition) is 4. The molecule has 0 fully saturated rings. The number of likely N-dealkylation sites (N-methyl/N-ethyl adjacent to an activating group) is 1. The molecule has 1 heterocycles. The smallest absolute Gasteiger partial charge is 0.270 e. The second-order valence-corrected chi connectivity index (χ2v) is 4.02. The molecular formula is C11H12FN3O2. The standard InChI is InChI=1S/C11H12FN3O2/c1-11(14-17)9(13-15(2)10(11)16)7-3-5-8(12)6-4-7/h3-6,14,17H,1-2H3. The third-order valence-electron chi connectivity index (χ3n) is 2.79. The highest BCUT2D eigenvalue weighted by Gasteiger charge is 2.46. The topological polar surface area (TPSA) is 64.9 Å². The average Bonchev–Trinajstić information content (AvgIpc) is 2.56. The van der Waals surface area contributed by atoms with Crippen LogP contribution in [0.4, 0.5) is 4.39 Å². The largest absolute Gasteiger partial charge is 0.315 e. The van der Waals surface area contributed by atoms with Crippen molar-refractivity contribution >= 4 is 11.6 Å². The molecule has 6 heteroatoms. The molecular weight excluding hydrogens is 225 g/mol. The minimum Gasteiger partial charge on any atom is -0.315 e. The zero-order valence-electron chi connectivity index (χ0n) is 9.44. The van der Waals surface area contributed by atoms with Gasteiger partial charge in [0, 0.05) is 12.6 Å². The van der Waals surface area contributed by atoms with E-state index in [9.17, 15) is 9.18 Å². The summed E-state index contributed by atoms with van der Waals surface area (Å²) < 4.78 is 12.8. The molecule has 1 amide bonds. The van der Waals surface area contributed by atoms with Crippen molar-refractivity contribution < 1.29 is 14.4 Å². The first kappa shape index (κ1) is 11.7. The van der Waals surface area contributed by atoms with E-state index in [-0.39, 0.29) is 11.7 Å². The van der Waals surface area contributed by atoms with Crippen LogP contribution in [0.2, 0.25) is 0 Å². The van der Waals surface area contributed by atoms with Crippen LogP contribution in [-0.2, 0) is 4.79 Å². The van der Waals surface area contributed by atoms with Crippen molar-refractivity contribution in [3.05, 3.63) is 35.6 Å². The molecule has 90 valence electrons. The van der Waals surface area contributed by atoms with Gasteiger partial charge in [-0.1, -0.05) is 12.1 Å². The second kappa shape index (κ2) is 3.90. The Labute approximate surface area is 97.5 Å². The number of carbonyl (C=O) groups is 1. The summed E-state index contributed by atoms with van der Waals surface area (Å²) in [6.07, 6.45) is 0. The lowest BCUT2D eigenvalue weighted by atomic mass is 9.91. The van der Waals surface area contributed by atoms with E-state index in [1.54, 1.807) is 0 Å². The number of nitrogens with zero attached hydrogens (tertiary/aromatic N) is 2. The number of amides is 1. The van der Waals surface area contributed by atoms with E-state index >= 15 is 0 Å². The first-order valence-electron chi connectivity index (χ1n) is 5.03. The SMILES string of the molecule is CN1N=C(c2ccc(F)cc2)C(C)(NO)C1=O. The second-order valence-electron chi connectivity index (χ2n) is 4.02. The van der Waals surface area contributed by atoms with Crippen LogP contribution < -0.4 is 5.48 Å². The number of hydrogen-bond donors (Lipinski definition) is 2. The summed E-state index contributed by atoms with van der Waals surface area (Å²) in [5.41, 5.74) is 1.60. The molecule has 0 radical (unpaired) electrons. The molecule has 2 rings (SSSR count). The summed E-state index contributed by atoms with van der Waals surface area (Å²) in [4.78, 5) is 11.8. The first-order chi connectivity index (χ1) is 7.99. The van der Waals surface area contributed by atoms with Crippen molar-refractivity contribution in [1.29, 1.82) is 0 Å². The molecule has 17 heavy (non-hydrogen) atoms. The van der Waals surface area contributed by atoms with Crippen LogP contribution in [0.3, 0.4) is 0 Å². The van der Waals surface area contributed by atoms with Gasteiger partial charge in [-0.2, -0.15) is 10.6 Å². The van der Waals surface area contributed by atoms with Crippen molar-refractivity contribution in [2.75, 3.05) is 7.05 Å². The molecule has 0 aromatic heterocycles. The minimum atomic E-state index is -1.30. The molecule has 0 saturated carbocycles. The summed E-state index contributed by atoms with van der Waals surface area (Å²) in [7, 11) is 1.49. The molecule has 1 aromatic rings. The molecule has 0 spiro atoms. The molecule has 0 bridgehead atoms. The third kappa shape index (κ3) is 1.71. The fourth-order valence-electron chi connectivity index (χ4n) is 1.78. The Bertz CT molecular complexity index is 486. The summed E-state index contributed by atoms with van der Waals surface area (Å²) in [6, 6.07) is 5.57. The number of hydrazone groups is 1. The number of halogens is 1. The van der Waals surface area contributed by atoms with Crippen molar-refractivity contribution in [3.63, 3.8) is 0 Å². The van der Waals surface area contributed by atoms with Gasteiger partial charge in [0.1, 0.15) is 5.82 Å². The van der Waals surface area contributed by atoms with Gasteiger partial charge in [-0.25, -0.2) is 9.40 Å². The number of rotatable bonds is 2. The highest BCUT2D eigenvalue weighted by Crippen LogP contribution is 2.23. The minimum absolute atomic E-state index is 0.354.